The fraction of sp³-hybridized carbons (Fsp3) is 0.346. The molecule has 0 amide bonds. The van der Waals surface area contributed by atoms with Crippen LogP contribution in [0.3, 0.4) is 0 Å². The summed E-state index contributed by atoms with van der Waals surface area (Å²) in [4.78, 5) is 10.1. The Labute approximate surface area is 226 Å². The SMILES string of the molecule is C[C@@H](Oc1cc(C(=N)c2cnc(N3CC(C)(CP(C)C)C3)c(F)c2)c(N)cc1F)c1c(Cl)cncc1Cl. The summed E-state index contributed by atoms with van der Waals surface area (Å²) in [5, 5.41) is 9.19. The predicted molar refractivity (Wildman–Crippen MR) is 148 cm³/mol. The summed E-state index contributed by atoms with van der Waals surface area (Å²) in [5.74, 6) is -1.12. The Morgan fingerprint density at radius 3 is 2.41 bits per heavy atom. The highest BCUT2D eigenvalue weighted by atomic mass is 35.5. The molecular formula is C26H28Cl2F2N5OP. The average Bonchev–Trinajstić information content (AvgIpc) is 2.78. The van der Waals surface area contributed by atoms with Crippen molar-refractivity contribution in [2.45, 2.75) is 20.0 Å². The summed E-state index contributed by atoms with van der Waals surface area (Å²) < 4.78 is 35.6. The smallest absolute Gasteiger partial charge is 0.167 e. The number of benzene rings is 1. The second-order valence-corrected chi connectivity index (χ2v) is 13.2. The van der Waals surface area contributed by atoms with Crippen LogP contribution in [-0.4, -0.2) is 48.3 Å². The maximum atomic E-state index is 15.0. The minimum atomic E-state index is -0.722. The Morgan fingerprint density at radius 1 is 1.16 bits per heavy atom. The zero-order chi connectivity index (χ0) is 27.1. The molecule has 3 N–H and O–H groups in total. The first kappa shape index (κ1) is 27.5. The minimum Gasteiger partial charge on any atom is -0.483 e. The lowest BCUT2D eigenvalue weighted by Crippen LogP contribution is -2.57. The molecule has 0 bridgehead atoms. The monoisotopic (exact) mass is 565 g/mol. The summed E-state index contributed by atoms with van der Waals surface area (Å²) >= 11 is 12.4. The van der Waals surface area contributed by atoms with Gasteiger partial charge >= 0.3 is 0 Å². The van der Waals surface area contributed by atoms with E-state index < -0.39 is 17.7 Å². The van der Waals surface area contributed by atoms with Gasteiger partial charge in [-0.25, -0.2) is 13.8 Å². The van der Waals surface area contributed by atoms with Crippen molar-refractivity contribution in [2.24, 2.45) is 5.41 Å². The molecule has 4 rings (SSSR count). The van der Waals surface area contributed by atoms with Crippen molar-refractivity contribution in [3.05, 3.63) is 75.2 Å². The van der Waals surface area contributed by atoms with Gasteiger partial charge in [-0.3, -0.25) is 10.4 Å². The maximum Gasteiger partial charge on any atom is 0.167 e. The van der Waals surface area contributed by atoms with Crippen molar-refractivity contribution in [3.8, 4) is 5.75 Å². The third-order valence-electron chi connectivity index (χ3n) is 6.23. The predicted octanol–water partition coefficient (Wildman–Crippen LogP) is 6.77. The minimum absolute atomic E-state index is 0.0149. The molecule has 3 heterocycles. The molecule has 196 valence electrons. The van der Waals surface area contributed by atoms with Crippen LogP contribution in [0.15, 0.2) is 36.8 Å². The zero-order valence-corrected chi connectivity index (χ0v) is 23.4. The maximum absolute atomic E-state index is 15.0. The summed E-state index contributed by atoms with van der Waals surface area (Å²) in [6.45, 7) is 9.83. The van der Waals surface area contributed by atoms with Crippen molar-refractivity contribution in [3.63, 3.8) is 0 Å². The third kappa shape index (κ3) is 5.82. The van der Waals surface area contributed by atoms with Crippen LogP contribution < -0.4 is 15.4 Å². The van der Waals surface area contributed by atoms with Gasteiger partial charge in [0.05, 0.1) is 15.8 Å². The molecule has 0 spiro atoms. The molecule has 0 saturated carbocycles. The van der Waals surface area contributed by atoms with Gasteiger partial charge in [0.1, 0.15) is 6.10 Å². The van der Waals surface area contributed by atoms with E-state index in [1.807, 2.05) is 4.90 Å². The molecule has 2 aromatic heterocycles. The number of hydrogen-bond donors (Lipinski definition) is 2. The molecule has 0 unspecified atom stereocenters. The standard InChI is InChI=1S/C26H28Cl2F2N5OP/c1-14(23-17(27)9-33-10-18(23)28)36-22-6-16(21(31)7-19(22)29)24(32)15-5-20(30)25(34-8-15)35-11-26(2,12-35)13-37(3)4/h5-10,14,32H,11-13,31H2,1-4H3/t14-/m1/s1. The van der Waals surface area contributed by atoms with Gasteiger partial charge in [0.2, 0.25) is 0 Å². The Kier molecular flexibility index (Phi) is 7.93. The van der Waals surface area contributed by atoms with Crippen LogP contribution in [-0.2, 0) is 0 Å². The number of nitrogens with zero attached hydrogens (tertiary/aromatic N) is 3. The van der Waals surface area contributed by atoms with Crippen molar-refractivity contribution in [2.75, 3.05) is 43.2 Å². The molecule has 1 aromatic carbocycles. The number of pyridine rings is 2. The second kappa shape index (κ2) is 10.7. The summed E-state index contributed by atoms with van der Waals surface area (Å²) in [6, 6.07) is 3.64. The van der Waals surface area contributed by atoms with Crippen LogP contribution in [0.1, 0.15) is 36.6 Å². The van der Waals surface area contributed by atoms with Crippen LogP contribution in [0.4, 0.5) is 20.3 Å². The zero-order valence-electron chi connectivity index (χ0n) is 20.9. The van der Waals surface area contributed by atoms with E-state index in [0.29, 0.717) is 5.56 Å². The lowest BCUT2D eigenvalue weighted by atomic mass is 9.84. The van der Waals surface area contributed by atoms with Crippen LogP contribution in [0.5, 0.6) is 5.75 Å². The Balaban J connectivity index is 1.55. The van der Waals surface area contributed by atoms with Gasteiger partial charge in [0, 0.05) is 65.5 Å². The van der Waals surface area contributed by atoms with Crippen molar-refractivity contribution < 1.29 is 13.5 Å². The molecule has 0 radical (unpaired) electrons. The van der Waals surface area contributed by atoms with Gasteiger partial charge in [-0.2, -0.15) is 0 Å². The van der Waals surface area contributed by atoms with E-state index >= 15 is 4.39 Å². The van der Waals surface area contributed by atoms with Gasteiger partial charge in [-0.1, -0.05) is 30.1 Å². The second-order valence-electron chi connectivity index (χ2n) is 9.96. The highest BCUT2D eigenvalue weighted by Crippen LogP contribution is 2.43. The molecule has 1 aliphatic heterocycles. The first-order valence-electron chi connectivity index (χ1n) is 11.6. The number of nitrogens with one attached hydrogen (secondary N) is 1. The molecular weight excluding hydrogens is 538 g/mol. The summed E-state index contributed by atoms with van der Waals surface area (Å²) in [6.07, 6.45) is 4.67. The molecule has 6 nitrogen and oxygen atoms in total. The molecule has 1 saturated heterocycles. The number of nitrogens with two attached hydrogens (primary N) is 1. The van der Waals surface area contributed by atoms with Gasteiger partial charge < -0.3 is 15.4 Å². The van der Waals surface area contributed by atoms with E-state index in [2.05, 4.69) is 30.2 Å². The average molecular weight is 566 g/mol. The van der Waals surface area contributed by atoms with Crippen molar-refractivity contribution in [1.29, 1.82) is 5.41 Å². The van der Waals surface area contributed by atoms with Gasteiger partial charge in [-0.05, 0) is 38.5 Å². The van der Waals surface area contributed by atoms with Crippen LogP contribution in [0.2, 0.25) is 10.0 Å². The molecule has 1 aliphatic rings. The van der Waals surface area contributed by atoms with Crippen molar-refractivity contribution >= 4 is 48.3 Å². The van der Waals surface area contributed by atoms with E-state index in [9.17, 15) is 4.39 Å². The van der Waals surface area contributed by atoms with Gasteiger partial charge in [0.15, 0.2) is 23.2 Å². The van der Waals surface area contributed by atoms with Gasteiger partial charge in [-0.15, -0.1) is 7.92 Å². The first-order chi connectivity index (χ1) is 17.4. The first-order valence-corrected chi connectivity index (χ1v) is 14.8. The summed E-state index contributed by atoms with van der Waals surface area (Å²) in [7, 11) is -0.0427. The number of nitrogen functional groups attached to an aromatic ring is 1. The third-order valence-corrected chi connectivity index (χ3v) is 8.23. The van der Waals surface area contributed by atoms with E-state index in [0.717, 1.165) is 25.3 Å². The summed E-state index contributed by atoms with van der Waals surface area (Å²) in [5.41, 5.74) is 6.94. The fourth-order valence-electron chi connectivity index (χ4n) is 4.78. The van der Waals surface area contributed by atoms with E-state index in [1.54, 1.807) is 6.92 Å². The van der Waals surface area contributed by atoms with E-state index in [4.69, 9.17) is 39.1 Å². The molecule has 37 heavy (non-hydrogen) atoms. The van der Waals surface area contributed by atoms with Crippen molar-refractivity contribution in [1.82, 2.24) is 9.97 Å². The topological polar surface area (TPSA) is 88.1 Å². The fourth-order valence-corrected chi connectivity index (χ4v) is 7.18. The molecule has 0 aliphatic carbocycles. The number of aromatic nitrogens is 2. The van der Waals surface area contributed by atoms with Crippen LogP contribution >= 0.6 is 31.1 Å². The molecule has 1 fully saturated rings. The molecule has 11 heteroatoms. The number of anilines is 2. The highest BCUT2D eigenvalue weighted by molar-refractivity contribution is 7.56. The lowest BCUT2D eigenvalue weighted by molar-refractivity contribution is 0.216. The quantitative estimate of drug-likeness (QED) is 0.179. The van der Waals surface area contributed by atoms with E-state index in [-0.39, 0.29) is 57.5 Å². The lowest BCUT2D eigenvalue weighted by Gasteiger charge is -2.49. The highest BCUT2D eigenvalue weighted by Gasteiger charge is 2.40. The number of ether oxygens (including phenoxy) is 1. The Hall–Kier alpha value is -2.54. The number of rotatable bonds is 8. The normalized spacial score (nSPS) is 15.4. The van der Waals surface area contributed by atoms with Gasteiger partial charge in [0.25, 0.3) is 0 Å². The number of hydrogen-bond acceptors (Lipinski definition) is 6. The number of halogens is 4. The Bertz CT molecular complexity index is 1330. The molecule has 3 aromatic rings. The molecule has 1 atom stereocenters. The van der Waals surface area contributed by atoms with E-state index in [1.165, 1.54) is 30.7 Å². The van der Waals surface area contributed by atoms with Crippen LogP contribution in [0, 0.1) is 22.5 Å². The Morgan fingerprint density at radius 2 is 1.81 bits per heavy atom. The largest absolute Gasteiger partial charge is 0.483 e. The van der Waals surface area contributed by atoms with Crippen LogP contribution in [0.25, 0.3) is 0 Å².